The number of aryl methyl sites for hydroxylation is 1. The maximum atomic E-state index is 13.0. The molecule has 1 heterocycles. The van der Waals surface area contributed by atoms with Crippen LogP contribution >= 0.6 is 0 Å². The lowest BCUT2D eigenvalue weighted by atomic mass is 9.76. The van der Waals surface area contributed by atoms with E-state index in [0.29, 0.717) is 37.4 Å². The Kier molecular flexibility index (Phi) is 6.05. The number of hydrogen-bond acceptors (Lipinski definition) is 4. The van der Waals surface area contributed by atoms with Crippen molar-refractivity contribution in [3.05, 3.63) is 60.2 Å². The Morgan fingerprint density at radius 2 is 1.68 bits per heavy atom. The Hall–Kier alpha value is -2.38. The third kappa shape index (κ3) is 4.54. The van der Waals surface area contributed by atoms with E-state index in [2.05, 4.69) is 0 Å². The van der Waals surface area contributed by atoms with Crippen LogP contribution in [0.15, 0.2) is 59.5 Å². The monoisotopic (exact) mass is 402 g/mol. The number of para-hydroxylation sites is 1. The lowest BCUT2D eigenvalue weighted by Crippen LogP contribution is -2.47. The van der Waals surface area contributed by atoms with E-state index in [4.69, 9.17) is 10.5 Å². The molecule has 1 aliphatic rings. The molecule has 3 rings (SSSR count). The summed E-state index contributed by atoms with van der Waals surface area (Å²) in [5.41, 5.74) is 5.75. The quantitative estimate of drug-likeness (QED) is 0.771. The molecule has 0 unspecified atom stereocenters. The van der Waals surface area contributed by atoms with Gasteiger partial charge in [0.1, 0.15) is 5.75 Å². The van der Waals surface area contributed by atoms with Crippen molar-refractivity contribution in [2.45, 2.75) is 31.1 Å². The predicted molar refractivity (Wildman–Crippen MR) is 107 cm³/mol. The summed E-state index contributed by atoms with van der Waals surface area (Å²) in [6.07, 6.45) is 1.22. The van der Waals surface area contributed by atoms with Gasteiger partial charge in [0.25, 0.3) is 0 Å². The molecule has 7 heteroatoms. The van der Waals surface area contributed by atoms with Gasteiger partial charge in [-0.25, -0.2) is 8.42 Å². The first-order chi connectivity index (χ1) is 13.3. The molecule has 0 aliphatic carbocycles. The van der Waals surface area contributed by atoms with Crippen LogP contribution in [-0.2, 0) is 14.8 Å². The van der Waals surface area contributed by atoms with Crippen LogP contribution in [0, 0.1) is 12.3 Å². The molecule has 2 aromatic rings. The van der Waals surface area contributed by atoms with Crippen molar-refractivity contribution < 1.29 is 17.9 Å². The maximum Gasteiger partial charge on any atom is 0.243 e. The third-order valence-electron chi connectivity index (χ3n) is 5.33. The highest BCUT2D eigenvalue weighted by atomic mass is 32.2. The highest BCUT2D eigenvalue weighted by molar-refractivity contribution is 7.89. The van der Waals surface area contributed by atoms with E-state index in [1.54, 1.807) is 25.1 Å². The van der Waals surface area contributed by atoms with Crippen molar-refractivity contribution in [3.8, 4) is 5.75 Å². The van der Waals surface area contributed by atoms with Crippen LogP contribution in [0.4, 0.5) is 0 Å². The summed E-state index contributed by atoms with van der Waals surface area (Å²) in [6.45, 7) is 2.80. The number of nitrogens with two attached hydrogens (primary N) is 1. The number of amides is 1. The van der Waals surface area contributed by atoms with Gasteiger partial charge in [-0.05, 0) is 43.5 Å². The van der Waals surface area contributed by atoms with Crippen LogP contribution in [-0.4, -0.2) is 38.3 Å². The number of rotatable bonds is 7. The van der Waals surface area contributed by atoms with E-state index in [9.17, 15) is 13.2 Å². The topological polar surface area (TPSA) is 89.7 Å². The lowest BCUT2D eigenvalue weighted by Gasteiger charge is -2.40. The molecular weight excluding hydrogens is 376 g/mol. The van der Waals surface area contributed by atoms with Crippen molar-refractivity contribution in [3.63, 3.8) is 0 Å². The first kappa shape index (κ1) is 20.4. The molecule has 0 atom stereocenters. The molecule has 0 saturated carbocycles. The Balaban J connectivity index is 1.73. The molecule has 0 aromatic heterocycles. The minimum Gasteiger partial charge on any atom is -0.493 e. The van der Waals surface area contributed by atoms with Gasteiger partial charge in [0, 0.05) is 24.9 Å². The Labute approximate surface area is 166 Å². The molecule has 150 valence electrons. The van der Waals surface area contributed by atoms with Crippen LogP contribution in [0.2, 0.25) is 0 Å². The SMILES string of the molecule is Cc1ccccc1S(=O)(=O)N1CCC(COc2ccccc2)(CC(N)=O)CC1. The molecule has 1 fully saturated rings. The highest BCUT2D eigenvalue weighted by Gasteiger charge is 2.40. The molecule has 28 heavy (non-hydrogen) atoms. The van der Waals surface area contributed by atoms with E-state index in [0.717, 1.165) is 11.3 Å². The van der Waals surface area contributed by atoms with Gasteiger partial charge in [-0.3, -0.25) is 4.79 Å². The number of ether oxygens (including phenoxy) is 1. The average molecular weight is 403 g/mol. The molecule has 1 amide bonds. The molecule has 0 bridgehead atoms. The summed E-state index contributed by atoms with van der Waals surface area (Å²) in [4.78, 5) is 12.0. The van der Waals surface area contributed by atoms with E-state index in [-0.39, 0.29) is 6.42 Å². The van der Waals surface area contributed by atoms with E-state index >= 15 is 0 Å². The average Bonchev–Trinajstić information content (AvgIpc) is 2.67. The number of carbonyl (C=O) groups excluding carboxylic acids is 1. The lowest BCUT2D eigenvalue weighted by molar-refractivity contribution is -0.121. The second-order valence-corrected chi connectivity index (χ2v) is 9.32. The number of piperidine rings is 1. The van der Waals surface area contributed by atoms with Gasteiger partial charge >= 0.3 is 0 Å². The summed E-state index contributed by atoms with van der Waals surface area (Å²) in [7, 11) is -3.56. The van der Waals surface area contributed by atoms with Gasteiger partial charge in [-0.1, -0.05) is 36.4 Å². The van der Waals surface area contributed by atoms with Crippen LogP contribution < -0.4 is 10.5 Å². The van der Waals surface area contributed by atoms with Gasteiger partial charge in [0.2, 0.25) is 15.9 Å². The summed E-state index contributed by atoms with van der Waals surface area (Å²) < 4.78 is 33.4. The second-order valence-electron chi connectivity index (χ2n) is 7.41. The normalized spacial score (nSPS) is 17.2. The van der Waals surface area contributed by atoms with Crippen LogP contribution in [0.5, 0.6) is 5.75 Å². The van der Waals surface area contributed by atoms with E-state index in [1.807, 2.05) is 36.4 Å². The molecule has 1 saturated heterocycles. The standard InChI is InChI=1S/C21H26N2O4S/c1-17-7-5-6-10-19(17)28(25,26)23-13-11-21(12-14-23,15-20(22)24)16-27-18-8-3-2-4-9-18/h2-10H,11-16H2,1H3,(H2,22,24). The van der Waals surface area contributed by atoms with Gasteiger partial charge < -0.3 is 10.5 Å². The van der Waals surface area contributed by atoms with Crippen molar-refractivity contribution >= 4 is 15.9 Å². The predicted octanol–water partition coefficient (Wildman–Crippen LogP) is 2.72. The summed E-state index contributed by atoms with van der Waals surface area (Å²) in [6, 6.07) is 16.4. The summed E-state index contributed by atoms with van der Waals surface area (Å²) in [5, 5.41) is 0. The molecule has 0 radical (unpaired) electrons. The Morgan fingerprint density at radius 1 is 1.07 bits per heavy atom. The van der Waals surface area contributed by atoms with Gasteiger partial charge in [0.15, 0.2) is 0 Å². The largest absolute Gasteiger partial charge is 0.493 e. The Bertz CT molecular complexity index is 920. The van der Waals surface area contributed by atoms with Crippen molar-refractivity contribution in [2.24, 2.45) is 11.1 Å². The maximum absolute atomic E-state index is 13.0. The molecule has 2 N–H and O–H groups in total. The first-order valence-corrected chi connectivity index (χ1v) is 10.8. The van der Waals surface area contributed by atoms with E-state index in [1.165, 1.54) is 4.31 Å². The number of sulfonamides is 1. The molecule has 2 aromatic carbocycles. The zero-order chi connectivity index (χ0) is 20.2. The minimum absolute atomic E-state index is 0.179. The van der Waals surface area contributed by atoms with Gasteiger partial charge in [0.05, 0.1) is 11.5 Å². The molecule has 6 nitrogen and oxygen atoms in total. The van der Waals surface area contributed by atoms with Crippen molar-refractivity contribution in [1.82, 2.24) is 4.31 Å². The van der Waals surface area contributed by atoms with Crippen LogP contribution in [0.3, 0.4) is 0 Å². The molecule has 0 spiro atoms. The fraction of sp³-hybridized carbons (Fsp3) is 0.381. The zero-order valence-electron chi connectivity index (χ0n) is 16.0. The van der Waals surface area contributed by atoms with Gasteiger partial charge in [-0.15, -0.1) is 0 Å². The summed E-state index contributed by atoms with van der Waals surface area (Å²) in [5.74, 6) is 0.327. The zero-order valence-corrected chi connectivity index (χ0v) is 16.8. The molecular formula is C21H26N2O4S. The van der Waals surface area contributed by atoms with Gasteiger partial charge in [-0.2, -0.15) is 4.31 Å². The highest BCUT2D eigenvalue weighted by Crippen LogP contribution is 2.37. The number of nitrogens with zero attached hydrogens (tertiary/aromatic N) is 1. The fourth-order valence-corrected chi connectivity index (χ4v) is 5.35. The number of carbonyl (C=O) groups is 1. The second kappa shape index (κ2) is 8.32. The van der Waals surface area contributed by atoms with Crippen LogP contribution in [0.1, 0.15) is 24.8 Å². The van der Waals surface area contributed by atoms with Crippen LogP contribution in [0.25, 0.3) is 0 Å². The summed E-state index contributed by atoms with van der Waals surface area (Å²) >= 11 is 0. The third-order valence-corrected chi connectivity index (χ3v) is 7.39. The number of benzene rings is 2. The smallest absolute Gasteiger partial charge is 0.243 e. The fourth-order valence-electron chi connectivity index (χ4n) is 3.68. The van der Waals surface area contributed by atoms with Crippen molar-refractivity contribution in [1.29, 1.82) is 0 Å². The molecule has 1 aliphatic heterocycles. The van der Waals surface area contributed by atoms with Crippen molar-refractivity contribution in [2.75, 3.05) is 19.7 Å². The van der Waals surface area contributed by atoms with E-state index < -0.39 is 21.3 Å². The number of hydrogen-bond donors (Lipinski definition) is 1. The Morgan fingerprint density at radius 3 is 2.29 bits per heavy atom. The number of primary amides is 1. The minimum atomic E-state index is -3.56. The first-order valence-electron chi connectivity index (χ1n) is 9.34.